The van der Waals surface area contributed by atoms with Crippen molar-refractivity contribution in [2.75, 3.05) is 33.4 Å². The van der Waals surface area contributed by atoms with Gasteiger partial charge in [0.1, 0.15) is 12.1 Å². The van der Waals surface area contributed by atoms with E-state index in [1.807, 2.05) is 36.4 Å². The van der Waals surface area contributed by atoms with Gasteiger partial charge in [-0.2, -0.15) is 0 Å². The number of alkyl carbamates (subject to hydrolysis) is 1. The van der Waals surface area contributed by atoms with Crippen LogP contribution >= 0.6 is 0 Å². The molecule has 4 rings (SSSR count). The monoisotopic (exact) mass is 452 g/mol. The summed E-state index contributed by atoms with van der Waals surface area (Å²) < 4.78 is 10.8. The van der Waals surface area contributed by atoms with E-state index in [-0.39, 0.29) is 37.4 Å². The van der Waals surface area contributed by atoms with E-state index in [2.05, 4.69) is 17.4 Å². The van der Waals surface area contributed by atoms with Crippen molar-refractivity contribution in [3.8, 4) is 11.1 Å². The van der Waals surface area contributed by atoms with Crippen LogP contribution in [0.2, 0.25) is 0 Å². The van der Waals surface area contributed by atoms with Crippen molar-refractivity contribution in [1.82, 2.24) is 10.2 Å². The number of aliphatic carboxylic acids is 1. The molecule has 1 heterocycles. The number of carboxylic acid groups (broad SMARTS) is 1. The minimum absolute atomic E-state index is 0.0184. The molecule has 1 atom stereocenters. The fraction of sp³-hybridized carbons (Fsp3) is 0.400. The Balaban J connectivity index is 1.40. The lowest BCUT2D eigenvalue weighted by atomic mass is 9.92. The third-order valence-electron chi connectivity index (χ3n) is 6.33. The van der Waals surface area contributed by atoms with Crippen LogP contribution in [-0.2, 0) is 19.1 Å². The van der Waals surface area contributed by atoms with E-state index in [9.17, 15) is 14.4 Å². The number of methoxy groups -OCH3 is 1. The minimum atomic E-state index is -1.31. The second kappa shape index (κ2) is 9.23. The average Bonchev–Trinajstić information content (AvgIpc) is 3.08. The molecule has 0 saturated carbocycles. The average molecular weight is 453 g/mol. The molecule has 1 saturated heterocycles. The first-order valence-electron chi connectivity index (χ1n) is 11.0. The highest BCUT2D eigenvalue weighted by Gasteiger charge is 2.43. The highest BCUT2D eigenvalue weighted by atomic mass is 16.5. The van der Waals surface area contributed by atoms with Crippen LogP contribution in [0.1, 0.15) is 30.4 Å². The molecule has 0 spiro atoms. The predicted octanol–water partition coefficient (Wildman–Crippen LogP) is 2.86. The fourth-order valence-corrected chi connectivity index (χ4v) is 4.76. The zero-order chi connectivity index (χ0) is 23.6. The Morgan fingerprint density at radius 1 is 1.06 bits per heavy atom. The number of amides is 2. The molecule has 1 fully saturated rings. The van der Waals surface area contributed by atoms with Gasteiger partial charge >= 0.3 is 12.1 Å². The van der Waals surface area contributed by atoms with Crippen molar-refractivity contribution in [2.45, 2.75) is 24.8 Å². The number of rotatable bonds is 8. The first kappa shape index (κ1) is 22.8. The molecule has 174 valence electrons. The summed E-state index contributed by atoms with van der Waals surface area (Å²) >= 11 is 0. The Labute approximate surface area is 192 Å². The lowest BCUT2D eigenvalue weighted by Gasteiger charge is -2.43. The van der Waals surface area contributed by atoms with E-state index in [4.69, 9.17) is 14.6 Å². The third kappa shape index (κ3) is 4.57. The van der Waals surface area contributed by atoms with Gasteiger partial charge in [-0.05, 0) is 29.2 Å². The number of likely N-dealkylation sites (tertiary alicyclic amines) is 1. The van der Waals surface area contributed by atoms with Crippen LogP contribution in [0.5, 0.6) is 0 Å². The van der Waals surface area contributed by atoms with Gasteiger partial charge in [0.05, 0.1) is 13.0 Å². The van der Waals surface area contributed by atoms with Gasteiger partial charge in [0.15, 0.2) is 0 Å². The number of nitrogens with zero attached hydrogens (tertiary/aromatic N) is 1. The van der Waals surface area contributed by atoms with Crippen LogP contribution < -0.4 is 5.32 Å². The normalized spacial score (nSPS) is 16.8. The molecule has 0 aromatic heterocycles. The fourth-order valence-electron chi connectivity index (χ4n) is 4.76. The second-order valence-corrected chi connectivity index (χ2v) is 8.89. The summed E-state index contributed by atoms with van der Waals surface area (Å²) in [5.41, 5.74) is 3.16. The first-order valence-corrected chi connectivity index (χ1v) is 11.0. The Bertz CT molecular complexity index is 1020. The summed E-state index contributed by atoms with van der Waals surface area (Å²) in [6, 6.07) is 16.1. The van der Waals surface area contributed by atoms with Crippen molar-refractivity contribution in [3.05, 3.63) is 59.7 Å². The Morgan fingerprint density at radius 3 is 2.18 bits per heavy atom. The molecule has 1 aliphatic carbocycles. The number of carbonyl (C=O) groups is 3. The number of hydrogen-bond donors (Lipinski definition) is 2. The predicted molar refractivity (Wildman–Crippen MR) is 121 cm³/mol. The first-order chi connectivity index (χ1) is 15.8. The quantitative estimate of drug-likeness (QED) is 0.638. The summed E-state index contributed by atoms with van der Waals surface area (Å²) in [6.07, 6.45) is -0.683. The summed E-state index contributed by atoms with van der Waals surface area (Å²) in [6.45, 7) is 2.38. The third-order valence-corrected chi connectivity index (χ3v) is 6.33. The van der Waals surface area contributed by atoms with Gasteiger partial charge in [0.25, 0.3) is 5.91 Å². The van der Waals surface area contributed by atoms with E-state index in [1.165, 1.54) is 12.0 Å². The van der Waals surface area contributed by atoms with Gasteiger partial charge in [-0.15, -0.1) is 0 Å². The molecule has 8 nitrogen and oxygen atoms in total. The van der Waals surface area contributed by atoms with Gasteiger partial charge in [-0.3, -0.25) is 9.59 Å². The molecule has 0 radical (unpaired) electrons. The van der Waals surface area contributed by atoms with E-state index in [1.54, 1.807) is 6.92 Å². The molecule has 2 aromatic carbocycles. The summed E-state index contributed by atoms with van der Waals surface area (Å²) in [4.78, 5) is 38.1. The highest BCUT2D eigenvalue weighted by molar-refractivity contribution is 5.90. The second-order valence-electron chi connectivity index (χ2n) is 8.89. The van der Waals surface area contributed by atoms with Crippen molar-refractivity contribution < 1.29 is 29.0 Å². The number of hydrogen-bond acceptors (Lipinski definition) is 5. The van der Waals surface area contributed by atoms with Gasteiger partial charge in [0, 0.05) is 32.0 Å². The molecular formula is C25H28N2O6. The maximum atomic E-state index is 13.0. The maximum absolute atomic E-state index is 13.0. The zero-order valence-electron chi connectivity index (χ0n) is 18.7. The van der Waals surface area contributed by atoms with Crippen molar-refractivity contribution in [1.29, 1.82) is 0 Å². The molecule has 2 amide bonds. The number of fused-ring (bicyclic) bond motifs is 3. The van der Waals surface area contributed by atoms with Crippen molar-refractivity contribution in [2.24, 2.45) is 5.92 Å². The van der Waals surface area contributed by atoms with Crippen molar-refractivity contribution in [3.63, 3.8) is 0 Å². The van der Waals surface area contributed by atoms with Crippen LogP contribution in [0.15, 0.2) is 48.5 Å². The van der Waals surface area contributed by atoms with E-state index in [0.717, 1.165) is 22.3 Å². The molecule has 1 aliphatic heterocycles. The topological polar surface area (TPSA) is 105 Å². The number of benzene rings is 2. The molecule has 2 aliphatic rings. The van der Waals surface area contributed by atoms with Gasteiger partial charge < -0.3 is 24.8 Å². The van der Waals surface area contributed by atoms with E-state index in [0.29, 0.717) is 13.1 Å². The lowest BCUT2D eigenvalue weighted by molar-refractivity contribution is -0.150. The molecule has 2 aromatic rings. The maximum Gasteiger partial charge on any atom is 0.408 e. The number of carboxylic acids is 1. The van der Waals surface area contributed by atoms with E-state index < -0.39 is 17.6 Å². The largest absolute Gasteiger partial charge is 0.481 e. The summed E-state index contributed by atoms with van der Waals surface area (Å²) in [5.74, 6) is -1.37. The zero-order valence-corrected chi connectivity index (χ0v) is 18.7. The lowest BCUT2D eigenvalue weighted by Crippen LogP contribution is -2.64. The number of nitrogens with one attached hydrogen (secondary N) is 1. The van der Waals surface area contributed by atoms with Crippen LogP contribution in [0, 0.1) is 5.92 Å². The van der Waals surface area contributed by atoms with E-state index >= 15 is 0 Å². The summed E-state index contributed by atoms with van der Waals surface area (Å²) in [5, 5.41) is 11.6. The molecule has 1 unspecified atom stereocenters. The SMILES string of the molecule is COCC(C)(NC(=O)OCC1c2ccccc2-c2ccccc21)C(=O)N1CC(CC(=O)O)C1. The van der Waals surface area contributed by atoms with Gasteiger partial charge in [0.2, 0.25) is 0 Å². The minimum Gasteiger partial charge on any atom is -0.481 e. The smallest absolute Gasteiger partial charge is 0.408 e. The van der Waals surface area contributed by atoms with Crippen LogP contribution in [0.3, 0.4) is 0 Å². The molecule has 8 heteroatoms. The number of ether oxygens (including phenoxy) is 2. The van der Waals surface area contributed by atoms with Gasteiger partial charge in [-0.25, -0.2) is 4.79 Å². The van der Waals surface area contributed by atoms with Gasteiger partial charge in [-0.1, -0.05) is 48.5 Å². The molecule has 2 N–H and O–H groups in total. The Morgan fingerprint density at radius 2 is 1.64 bits per heavy atom. The summed E-state index contributed by atoms with van der Waals surface area (Å²) in [7, 11) is 1.45. The van der Waals surface area contributed by atoms with Crippen molar-refractivity contribution >= 4 is 18.0 Å². The highest BCUT2D eigenvalue weighted by Crippen LogP contribution is 2.44. The standard InChI is InChI=1S/C25H28N2O6/c1-25(15-32-2,23(30)27-12-16(13-27)11-22(28)29)26-24(31)33-14-21-19-9-5-3-7-17(19)18-8-4-6-10-20(18)21/h3-10,16,21H,11-15H2,1-2H3,(H,26,31)(H,28,29). The van der Waals surface area contributed by atoms with Crippen LogP contribution in [0.25, 0.3) is 11.1 Å². The molecule has 0 bridgehead atoms. The number of carbonyl (C=O) groups excluding carboxylic acids is 2. The van der Waals surface area contributed by atoms with Crippen LogP contribution in [0.4, 0.5) is 4.79 Å². The molecule has 33 heavy (non-hydrogen) atoms. The Hall–Kier alpha value is -3.39. The molecular weight excluding hydrogens is 424 g/mol. The van der Waals surface area contributed by atoms with Crippen LogP contribution in [-0.4, -0.2) is 66.9 Å². The Kier molecular flexibility index (Phi) is 6.37.